The molecule has 1 saturated heterocycles. The lowest BCUT2D eigenvalue weighted by molar-refractivity contribution is -0.189. The van der Waals surface area contributed by atoms with Crippen LogP contribution < -0.4 is 0 Å². The lowest BCUT2D eigenvalue weighted by Gasteiger charge is -2.60. The molecule has 2 aromatic carbocycles. The molecule has 218 valence electrons. The van der Waals surface area contributed by atoms with E-state index in [1.165, 1.54) is 12.5 Å². The molecule has 6 heteroatoms. The summed E-state index contributed by atoms with van der Waals surface area (Å²) in [4.78, 5) is 30.6. The fourth-order valence-corrected chi connectivity index (χ4v) is 7.26. The largest absolute Gasteiger partial charge is 0.508 e. The molecule has 0 unspecified atom stereocenters. The summed E-state index contributed by atoms with van der Waals surface area (Å²) < 4.78 is 6.28. The number of unbranched alkanes of at least 4 members (excludes halogenated alkanes) is 2. The Balaban J connectivity index is 1.54. The number of phenols is 1. The normalized spacial score (nSPS) is 24.9. The summed E-state index contributed by atoms with van der Waals surface area (Å²) in [5.41, 5.74) is 1.19. The number of amides is 1. The molecule has 3 atom stereocenters. The van der Waals surface area contributed by atoms with Crippen LogP contribution in [0.25, 0.3) is 0 Å². The van der Waals surface area contributed by atoms with Crippen molar-refractivity contribution in [1.82, 2.24) is 9.80 Å². The van der Waals surface area contributed by atoms with E-state index in [1.54, 1.807) is 6.07 Å². The van der Waals surface area contributed by atoms with Crippen LogP contribution >= 0.6 is 0 Å². The lowest BCUT2D eigenvalue weighted by atomic mass is 9.55. The standard InChI is InChI=1S/C34H48N2O4/c1-26(2)24-36(32(39)17-10-6-9-14-28-12-7-5-8-13-28)30-18-19-34(40-27(3)37)25-35(4)21-20-33(34,23-30)29-15-11-16-31(38)22-29/h5,7-8,11-13,15-16,22,26,30,38H,6,9-10,14,17-21,23-25H2,1-4H3/t30-,33-,34-/m0/s1. The van der Waals surface area contributed by atoms with Crippen LogP contribution in [0.5, 0.6) is 5.75 Å². The van der Waals surface area contributed by atoms with Crippen LogP contribution in [0.4, 0.5) is 0 Å². The minimum absolute atomic E-state index is 0.0636. The second-order valence-electron chi connectivity index (χ2n) is 12.6. The number of esters is 1. The number of likely N-dealkylation sites (N-methyl/N-ethyl adjacent to an activating group) is 1. The third-order valence-electron chi connectivity index (χ3n) is 9.04. The Hall–Kier alpha value is -2.86. The van der Waals surface area contributed by atoms with Gasteiger partial charge in [0.1, 0.15) is 11.4 Å². The number of benzene rings is 2. The maximum atomic E-state index is 13.8. The van der Waals surface area contributed by atoms with E-state index in [-0.39, 0.29) is 23.7 Å². The van der Waals surface area contributed by atoms with Gasteiger partial charge in [0, 0.05) is 37.9 Å². The molecule has 2 aliphatic rings. The lowest BCUT2D eigenvalue weighted by Crippen LogP contribution is -2.68. The molecule has 4 rings (SSSR count). The second kappa shape index (κ2) is 13.2. The van der Waals surface area contributed by atoms with Crippen molar-refractivity contribution >= 4 is 11.9 Å². The zero-order valence-corrected chi connectivity index (χ0v) is 24.9. The van der Waals surface area contributed by atoms with Gasteiger partial charge in [0.15, 0.2) is 0 Å². The van der Waals surface area contributed by atoms with Gasteiger partial charge < -0.3 is 19.6 Å². The summed E-state index contributed by atoms with van der Waals surface area (Å²) in [5, 5.41) is 10.5. The maximum absolute atomic E-state index is 13.8. The van der Waals surface area contributed by atoms with Gasteiger partial charge in [-0.15, -0.1) is 0 Å². The van der Waals surface area contributed by atoms with Crippen LogP contribution in [0.15, 0.2) is 54.6 Å². The van der Waals surface area contributed by atoms with Crippen molar-refractivity contribution in [3.63, 3.8) is 0 Å². The summed E-state index contributed by atoms with van der Waals surface area (Å²) in [7, 11) is 2.08. The van der Waals surface area contributed by atoms with Crippen LogP contribution in [0.3, 0.4) is 0 Å². The van der Waals surface area contributed by atoms with Crippen molar-refractivity contribution in [2.24, 2.45) is 5.92 Å². The van der Waals surface area contributed by atoms with Crippen molar-refractivity contribution in [3.8, 4) is 5.75 Å². The number of carbonyl (C=O) groups is 2. The van der Waals surface area contributed by atoms with Gasteiger partial charge in [-0.05, 0) is 87.7 Å². The van der Waals surface area contributed by atoms with E-state index in [9.17, 15) is 14.7 Å². The van der Waals surface area contributed by atoms with E-state index >= 15 is 0 Å². The van der Waals surface area contributed by atoms with Gasteiger partial charge in [-0.25, -0.2) is 0 Å². The molecule has 0 bridgehead atoms. The molecular weight excluding hydrogens is 500 g/mol. The van der Waals surface area contributed by atoms with Gasteiger partial charge >= 0.3 is 5.97 Å². The molecule has 1 heterocycles. The first kappa shape index (κ1) is 30.1. The van der Waals surface area contributed by atoms with Crippen molar-refractivity contribution < 1.29 is 19.4 Å². The highest BCUT2D eigenvalue weighted by molar-refractivity contribution is 5.76. The van der Waals surface area contributed by atoms with Crippen molar-refractivity contribution in [3.05, 3.63) is 65.7 Å². The topological polar surface area (TPSA) is 70.1 Å². The van der Waals surface area contributed by atoms with Crippen LogP contribution in [-0.4, -0.2) is 65.1 Å². The van der Waals surface area contributed by atoms with Crippen molar-refractivity contribution in [2.45, 2.75) is 95.6 Å². The van der Waals surface area contributed by atoms with Gasteiger partial charge in [-0.2, -0.15) is 0 Å². The van der Waals surface area contributed by atoms with Crippen LogP contribution in [0, 0.1) is 5.92 Å². The molecule has 1 amide bonds. The summed E-state index contributed by atoms with van der Waals surface area (Å²) in [6.07, 6.45) is 7.66. The number of hydrogen-bond acceptors (Lipinski definition) is 5. The van der Waals surface area contributed by atoms with Gasteiger partial charge in [-0.3, -0.25) is 9.59 Å². The Bertz CT molecular complexity index is 1140. The SMILES string of the molecule is CC(=O)O[C@]12CC[C@H](N(CC(C)C)C(=O)CCCCCc3ccccc3)C[C@]1(c1cccc(O)c1)CCN(C)C2. The highest BCUT2D eigenvalue weighted by Gasteiger charge is 2.61. The van der Waals surface area contributed by atoms with Gasteiger partial charge in [0.2, 0.25) is 5.91 Å². The molecule has 0 spiro atoms. The summed E-state index contributed by atoms with van der Waals surface area (Å²) in [6.45, 7) is 8.08. The summed E-state index contributed by atoms with van der Waals surface area (Å²) in [5.74, 6) is 0.535. The molecule has 1 N–H and O–H groups in total. The predicted molar refractivity (Wildman–Crippen MR) is 159 cm³/mol. The molecule has 1 aliphatic heterocycles. The van der Waals surface area contributed by atoms with E-state index in [4.69, 9.17) is 4.74 Å². The first-order valence-electron chi connectivity index (χ1n) is 15.2. The number of aromatic hydroxyl groups is 1. The Morgan fingerprint density at radius 2 is 1.85 bits per heavy atom. The van der Waals surface area contributed by atoms with Crippen molar-refractivity contribution in [2.75, 3.05) is 26.7 Å². The average Bonchev–Trinajstić information content (AvgIpc) is 2.91. The van der Waals surface area contributed by atoms with Crippen LogP contribution in [0.2, 0.25) is 0 Å². The monoisotopic (exact) mass is 548 g/mol. The fourth-order valence-electron chi connectivity index (χ4n) is 7.26. The first-order chi connectivity index (χ1) is 19.1. The summed E-state index contributed by atoms with van der Waals surface area (Å²) >= 11 is 0. The third kappa shape index (κ3) is 6.88. The molecule has 1 saturated carbocycles. The average molecular weight is 549 g/mol. The van der Waals surface area contributed by atoms with E-state index in [0.717, 1.165) is 63.6 Å². The Morgan fingerprint density at radius 1 is 1.07 bits per heavy atom. The van der Waals surface area contributed by atoms with Crippen molar-refractivity contribution in [1.29, 1.82) is 0 Å². The number of ether oxygens (including phenoxy) is 1. The van der Waals surface area contributed by atoms with E-state index in [2.05, 4.69) is 61.0 Å². The number of aryl methyl sites for hydroxylation is 1. The molecule has 6 nitrogen and oxygen atoms in total. The number of carbonyl (C=O) groups excluding carboxylic acids is 2. The number of hydrogen-bond donors (Lipinski definition) is 1. The smallest absolute Gasteiger partial charge is 0.303 e. The van der Waals surface area contributed by atoms with E-state index in [1.807, 2.05) is 18.2 Å². The van der Waals surface area contributed by atoms with Gasteiger partial charge in [0.25, 0.3) is 0 Å². The molecule has 1 aliphatic carbocycles. The Labute approximate surface area is 240 Å². The maximum Gasteiger partial charge on any atom is 0.303 e. The molecule has 2 fully saturated rings. The summed E-state index contributed by atoms with van der Waals surface area (Å²) in [6, 6.07) is 18.1. The molecule has 0 aromatic heterocycles. The molecule has 2 aromatic rings. The highest BCUT2D eigenvalue weighted by atomic mass is 16.6. The zero-order chi connectivity index (χ0) is 28.8. The van der Waals surface area contributed by atoms with Gasteiger partial charge in [-0.1, -0.05) is 62.7 Å². The quantitative estimate of drug-likeness (QED) is 0.271. The number of rotatable bonds is 11. The Kier molecular flexibility index (Phi) is 9.94. The Morgan fingerprint density at radius 3 is 2.55 bits per heavy atom. The third-order valence-corrected chi connectivity index (χ3v) is 9.04. The number of phenolic OH excluding ortho intramolecular Hbond substituents is 1. The minimum atomic E-state index is -0.694. The molecular formula is C34H48N2O4. The first-order valence-corrected chi connectivity index (χ1v) is 15.2. The minimum Gasteiger partial charge on any atom is -0.508 e. The number of fused-ring (bicyclic) bond motifs is 1. The van der Waals surface area contributed by atoms with Gasteiger partial charge in [0.05, 0.1) is 0 Å². The molecule has 40 heavy (non-hydrogen) atoms. The van der Waals surface area contributed by atoms with E-state index < -0.39 is 11.0 Å². The highest BCUT2D eigenvalue weighted by Crippen LogP contribution is 2.54. The molecule has 0 radical (unpaired) electrons. The second-order valence-corrected chi connectivity index (χ2v) is 12.6. The van der Waals surface area contributed by atoms with Crippen LogP contribution in [0.1, 0.15) is 83.3 Å². The predicted octanol–water partition coefficient (Wildman–Crippen LogP) is 6.11. The van der Waals surface area contributed by atoms with Crippen LogP contribution in [-0.2, 0) is 26.2 Å². The zero-order valence-electron chi connectivity index (χ0n) is 24.9. The number of likely N-dealkylation sites (tertiary alicyclic amines) is 1. The van der Waals surface area contributed by atoms with E-state index in [0.29, 0.717) is 25.3 Å². The number of nitrogens with zero attached hydrogens (tertiary/aromatic N) is 2. The number of piperidine rings is 1. The fraction of sp³-hybridized carbons (Fsp3) is 0.588.